The van der Waals surface area contributed by atoms with E-state index < -0.39 is 15.9 Å². The molecule has 33 heavy (non-hydrogen) atoms. The summed E-state index contributed by atoms with van der Waals surface area (Å²) in [6.07, 6.45) is 0.0823. The standard InChI is InChI=1S/C24H31N3O5S/c1-6-26(7-2)33(30,31)19-10-11-22(32-5)20(14-19)25-24(29)18-13-23(28)27(15-18)21-12-16(3)8-9-17(21)4/h8-12,14,18H,6-7,13,15H2,1-5H3,(H,25,29). The molecule has 1 aliphatic rings. The summed E-state index contributed by atoms with van der Waals surface area (Å²) in [5.74, 6) is -0.691. The van der Waals surface area contributed by atoms with Gasteiger partial charge in [0.1, 0.15) is 5.75 Å². The summed E-state index contributed by atoms with van der Waals surface area (Å²) < 4.78 is 32.5. The minimum Gasteiger partial charge on any atom is -0.495 e. The third-order valence-electron chi connectivity index (χ3n) is 5.92. The summed E-state index contributed by atoms with van der Waals surface area (Å²) in [6, 6.07) is 10.3. The molecule has 0 bridgehead atoms. The molecule has 0 radical (unpaired) electrons. The van der Waals surface area contributed by atoms with Crippen LogP contribution in [-0.2, 0) is 19.6 Å². The summed E-state index contributed by atoms with van der Waals surface area (Å²) >= 11 is 0. The fourth-order valence-electron chi connectivity index (χ4n) is 4.02. The Labute approximate surface area is 195 Å². The quantitative estimate of drug-likeness (QED) is 0.634. The van der Waals surface area contributed by atoms with Crippen molar-refractivity contribution in [3.05, 3.63) is 47.5 Å². The Morgan fingerprint density at radius 1 is 1.15 bits per heavy atom. The maximum absolute atomic E-state index is 13.1. The zero-order valence-corrected chi connectivity index (χ0v) is 20.5. The topological polar surface area (TPSA) is 96.0 Å². The number of nitrogens with zero attached hydrogens (tertiary/aromatic N) is 2. The van der Waals surface area contributed by atoms with E-state index in [1.165, 1.54) is 29.6 Å². The molecule has 0 aliphatic carbocycles. The van der Waals surface area contributed by atoms with Gasteiger partial charge >= 0.3 is 0 Å². The van der Waals surface area contributed by atoms with E-state index in [0.717, 1.165) is 16.8 Å². The van der Waals surface area contributed by atoms with Crippen molar-refractivity contribution < 1.29 is 22.7 Å². The Hall–Kier alpha value is -2.91. The first-order valence-corrected chi connectivity index (χ1v) is 12.4. The molecule has 1 saturated heterocycles. The lowest BCUT2D eigenvalue weighted by Crippen LogP contribution is -2.31. The Bertz CT molecular complexity index is 1160. The van der Waals surface area contributed by atoms with Gasteiger partial charge in [-0.15, -0.1) is 0 Å². The zero-order valence-electron chi connectivity index (χ0n) is 19.7. The Kier molecular flexibility index (Phi) is 7.44. The van der Waals surface area contributed by atoms with E-state index >= 15 is 0 Å². The number of amides is 2. The van der Waals surface area contributed by atoms with Gasteiger partial charge in [-0.3, -0.25) is 9.59 Å². The first-order valence-electron chi connectivity index (χ1n) is 11.0. The lowest BCUT2D eigenvalue weighted by molar-refractivity contribution is -0.122. The van der Waals surface area contributed by atoms with Gasteiger partial charge < -0.3 is 15.0 Å². The second-order valence-corrected chi connectivity index (χ2v) is 10.1. The van der Waals surface area contributed by atoms with Crippen LogP contribution in [0.3, 0.4) is 0 Å². The highest BCUT2D eigenvalue weighted by Crippen LogP contribution is 2.32. The van der Waals surface area contributed by atoms with Crippen molar-refractivity contribution in [1.29, 1.82) is 0 Å². The van der Waals surface area contributed by atoms with Crippen LogP contribution in [0, 0.1) is 19.8 Å². The molecule has 0 aromatic heterocycles. The van der Waals surface area contributed by atoms with Crippen molar-refractivity contribution in [1.82, 2.24) is 4.31 Å². The van der Waals surface area contributed by atoms with Crippen molar-refractivity contribution in [2.45, 2.75) is 39.0 Å². The third kappa shape index (κ3) is 5.04. The van der Waals surface area contributed by atoms with Gasteiger partial charge in [-0.05, 0) is 49.2 Å². The molecule has 3 rings (SSSR count). The van der Waals surface area contributed by atoms with Crippen molar-refractivity contribution in [3.8, 4) is 5.75 Å². The molecule has 0 saturated carbocycles. The first kappa shape index (κ1) is 24.7. The van der Waals surface area contributed by atoms with Crippen molar-refractivity contribution >= 4 is 33.2 Å². The molecule has 1 heterocycles. The third-order valence-corrected chi connectivity index (χ3v) is 7.97. The Morgan fingerprint density at radius 2 is 1.85 bits per heavy atom. The number of hydrogen-bond donors (Lipinski definition) is 1. The molecule has 1 aliphatic heterocycles. The molecule has 2 aromatic rings. The minimum absolute atomic E-state index is 0.0711. The maximum atomic E-state index is 13.1. The van der Waals surface area contributed by atoms with Gasteiger partial charge in [0.15, 0.2) is 0 Å². The molecule has 9 heteroatoms. The van der Waals surface area contributed by atoms with Gasteiger partial charge in [0.05, 0.1) is 23.6 Å². The normalized spacial score (nSPS) is 16.4. The van der Waals surface area contributed by atoms with Crippen molar-refractivity contribution in [2.75, 3.05) is 37.0 Å². The predicted molar refractivity (Wildman–Crippen MR) is 128 cm³/mol. The number of anilines is 2. The molecule has 1 fully saturated rings. The van der Waals surface area contributed by atoms with E-state index in [1.807, 2.05) is 32.0 Å². The highest BCUT2D eigenvalue weighted by Gasteiger charge is 2.36. The number of hydrogen-bond acceptors (Lipinski definition) is 5. The molecule has 1 atom stereocenters. The van der Waals surface area contributed by atoms with Gasteiger partial charge in [-0.25, -0.2) is 8.42 Å². The summed E-state index contributed by atoms with van der Waals surface area (Å²) in [4.78, 5) is 27.5. The Balaban J connectivity index is 1.84. The largest absolute Gasteiger partial charge is 0.495 e. The zero-order chi connectivity index (χ0) is 24.3. The van der Waals surface area contributed by atoms with Crippen LogP contribution in [0.25, 0.3) is 0 Å². The lowest BCUT2D eigenvalue weighted by Gasteiger charge is -2.21. The molecule has 8 nitrogen and oxygen atoms in total. The molecule has 2 aromatic carbocycles. The number of carbonyl (C=O) groups excluding carboxylic acids is 2. The van der Waals surface area contributed by atoms with E-state index in [4.69, 9.17) is 4.74 Å². The van der Waals surface area contributed by atoms with E-state index in [-0.39, 0.29) is 35.4 Å². The second-order valence-electron chi connectivity index (χ2n) is 8.14. The highest BCUT2D eigenvalue weighted by molar-refractivity contribution is 7.89. The van der Waals surface area contributed by atoms with Crippen molar-refractivity contribution in [2.24, 2.45) is 5.92 Å². The van der Waals surface area contributed by atoms with E-state index in [1.54, 1.807) is 18.7 Å². The van der Waals surface area contributed by atoms with Gasteiger partial charge in [0.2, 0.25) is 21.8 Å². The van der Waals surface area contributed by atoms with E-state index in [2.05, 4.69) is 5.32 Å². The lowest BCUT2D eigenvalue weighted by atomic mass is 10.1. The van der Waals surface area contributed by atoms with Crippen LogP contribution in [0.2, 0.25) is 0 Å². The number of methoxy groups -OCH3 is 1. The van der Waals surface area contributed by atoms with Gasteiger partial charge in [-0.2, -0.15) is 4.31 Å². The summed E-state index contributed by atoms with van der Waals surface area (Å²) in [6.45, 7) is 8.37. The van der Waals surface area contributed by atoms with Crippen LogP contribution in [0.15, 0.2) is 41.3 Å². The van der Waals surface area contributed by atoms with Crippen LogP contribution in [-0.4, -0.2) is 51.3 Å². The number of benzene rings is 2. The van der Waals surface area contributed by atoms with Crippen LogP contribution in [0.5, 0.6) is 5.75 Å². The molecular formula is C24H31N3O5S. The number of sulfonamides is 1. The summed E-state index contributed by atoms with van der Waals surface area (Å²) in [5, 5.41) is 2.78. The fraction of sp³-hybridized carbons (Fsp3) is 0.417. The monoisotopic (exact) mass is 473 g/mol. The number of ether oxygens (including phenoxy) is 1. The highest BCUT2D eigenvalue weighted by atomic mass is 32.2. The molecule has 2 amide bonds. The van der Waals surface area contributed by atoms with Crippen LogP contribution in [0.4, 0.5) is 11.4 Å². The second kappa shape index (κ2) is 9.93. The maximum Gasteiger partial charge on any atom is 0.243 e. The van der Waals surface area contributed by atoms with E-state index in [0.29, 0.717) is 18.8 Å². The molecule has 0 spiro atoms. The van der Waals surface area contributed by atoms with Crippen LogP contribution in [0.1, 0.15) is 31.4 Å². The minimum atomic E-state index is -3.70. The molecular weight excluding hydrogens is 442 g/mol. The summed E-state index contributed by atoms with van der Waals surface area (Å²) in [7, 11) is -2.25. The molecule has 178 valence electrons. The number of nitrogens with one attached hydrogen (secondary N) is 1. The SMILES string of the molecule is CCN(CC)S(=O)(=O)c1ccc(OC)c(NC(=O)C2CC(=O)N(c3cc(C)ccc3C)C2)c1. The first-order chi connectivity index (χ1) is 15.6. The molecule has 1 unspecified atom stereocenters. The smallest absolute Gasteiger partial charge is 0.243 e. The fourth-order valence-corrected chi connectivity index (χ4v) is 5.50. The average molecular weight is 474 g/mol. The van der Waals surface area contributed by atoms with Gasteiger partial charge in [0.25, 0.3) is 0 Å². The summed E-state index contributed by atoms with van der Waals surface area (Å²) in [5.41, 5.74) is 3.06. The number of carbonyl (C=O) groups is 2. The van der Waals surface area contributed by atoms with Gasteiger partial charge in [-0.1, -0.05) is 26.0 Å². The van der Waals surface area contributed by atoms with E-state index in [9.17, 15) is 18.0 Å². The Morgan fingerprint density at radius 3 is 2.48 bits per heavy atom. The van der Waals surface area contributed by atoms with Crippen molar-refractivity contribution in [3.63, 3.8) is 0 Å². The average Bonchev–Trinajstić information content (AvgIpc) is 3.17. The van der Waals surface area contributed by atoms with Crippen LogP contribution < -0.4 is 15.0 Å². The number of rotatable bonds is 8. The molecule has 1 N–H and O–H groups in total. The number of aryl methyl sites for hydroxylation is 2. The van der Waals surface area contributed by atoms with Crippen LogP contribution >= 0.6 is 0 Å². The van der Waals surface area contributed by atoms with Gasteiger partial charge in [0, 0.05) is 31.7 Å². The predicted octanol–water partition coefficient (Wildman–Crippen LogP) is 3.33.